The molecule has 0 spiro atoms. The van der Waals surface area contributed by atoms with Crippen molar-refractivity contribution in [2.75, 3.05) is 0 Å². The SMILES string of the molecule is C=CC(CC(C)Cl)OC(C=C)CC(C)Cl. The van der Waals surface area contributed by atoms with Crippen LogP contribution in [0.15, 0.2) is 25.3 Å². The van der Waals surface area contributed by atoms with Crippen LogP contribution in [-0.4, -0.2) is 23.0 Å². The second kappa shape index (κ2) is 8.20. The molecule has 3 heteroatoms. The fourth-order valence-electron chi connectivity index (χ4n) is 1.28. The van der Waals surface area contributed by atoms with Crippen LogP contribution in [0.25, 0.3) is 0 Å². The van der Waals surface area contributed by atoms with Gasteiger partial charge in [0.1, 0.15) is 0 Å². The molecule has 0 fully saturated rings. The highest BCUT2D eigenvalue weighted by Crippen LogP contribution is 2.16. The normalized spacial score (nSPS) is 18.9. The van der Waals surface area contributed by atoms with Gasteiger partial charge >= 0.3 is 0 Å². The second-order valence-corrected chi connectivity index (χ2v) is 5.21. The summed E-state index contributed by atoms with van der Waals surface area (Å²) in [5.41, 5.74) is 0. The van der Waals surface area contributed by atoms with Crippen molar-refractivity contribution in [2.24, 2.45) is 0 Å². The van der Waals surface area contributed by atoms with Gasteiger partial charge in [-0.3, -0.25) is 0 Å². The highest BCUT2D eigenvalue weighted by molar-refractivity contribution is 6.20. The van der Waals surface area contributed by atoms with Crippen LogP contribution >= 0.6 is 23.2 Å². The van der Waals surface area contributed by atoms with E-state index >= 15 is 0 Å². The van der Waals surface area contributed by atoms with Gasteiger partial charge < -0.3 is 4.74 Å². The highest BCUT2D eigenvalue weighted by Gasteiger charge is 2.15. The van der Waals surface area contributed by atoms with Crippen LogP contribution in [0, 0.1) is 0 Å². The second-order valence-electron chi connectivity index (χ2n) is 3.72. The van der Waals surface area contributed by atoms with Crippen LogP contribution in [0.5, 0.6) is 0 Å². The molecule has 1 nitrogen and oxygen atoms in total. The molecule has 0 amide bonds. The van der Waals surface area contributed by atoms with Gasteiger partial charge in [0.05, 0.1) is 12.2 Å². The van der Waals surface area contributed by atoms with Gasteiger partial charge in [0.2, 0.25) is 0 Å². The summed E-state index contributed by atoms with van der Waals surface area (Å²) >= 11 is 11.8. The van der Waals surface area contributed by atoms with Crippen LogP contribution in [0.1, 0.15) is 26.7 Å². The Labute approximate surface area is 103 Å². The zero-order valence-corrected chi connectivity index (χ0v) is 11.0. The largest absolute Gasteiger partial charge is 0.367 e. The van der Waals surface area contributed by atoms with Gasteiger partial charge in [-0.15, -0.1) is 36.4 Å². The quantitative estimate of drug-likeness (QED) is 0.465. The first-order valence-electron chi connectivity index (χ1n) is 5.18. The zero-order valence-electron chi connectivity index (χ0n) is 9.46. The van der Waals surface area contributed by atoms with E-state index in [9.17, 15) is 0 Å². The van der Waals surface area contributed by atoms with Crippen LogP contribution in [0.2, 0.25) is 0 Å². The fourth-order valence-corrected chi connectivity index (χ4v) is 1.63. The molecule has 88 valence electrons. The van der Waals surface area contributed by atoms with Crippen molar-refractivity contribution in [3.8, 4) is 0 Å². The van der Waals surface area contributed by atoms with Crippen molar-refractivity contribution in [1.82, 2.24) is 0 Å². The Morgan fingerprint density at radius 1 is 1.00 bits per heavy atom. The predicted octanol–water partition coefficient (Wildman–Crippen LogP) is 4.15. The van der Waals surface area contributed by atoms with Crippen molar-refractivity contribution in [3.63, 3.8) is 0 Å². The molecule has 0 aliphatic heterocycles. The van der Waals surface area contributed by atoms with E-state index in [1.807, 2.05) is 13.8 Å². The third-order valence-corrected chi connectivity index (χ3v) is 2.35. The lowest BCUT2D eigenvalue weighted by molar-refractivity contribution is 0.0330. The minimum atomic E-state index is -0.0316. The molecule has 0 aromatic heterocycles. The Morgan fingerprint density at radius 2 is 1.33 bits per heavy atom. The molecule has 0 heterocycles. The summed E-state index contributed by atoms with van der Waals surface area (Å²) in [4.78, 5) is 0. The van der Waals surface area contributed by atoms with E-state index in [1.54, 1.807) is 12.2 Å². The van der Waals surface area contributed by atoms with Crippen molar-refractivity contribution in [2.45, 2.75) is 49.7 Å². The molecule has 0 aromatic carbocycles. The lowest BCUT2D eigenvalue weighted by Gasteiger charge is -2.22. The Bertz CT molecular complexity index is 170. The minimum absolute atomic E-state index is 0.0316. The Hall–Kier alpha value is 0.0200. The molecule has 15 heavy (non-hydrogen) atoms. The van der Waals surface area contributed by atoms with Gasteiger partial charge in [0, 0.05) is 10.8 Å². The topological polar surface area (TPSA) is 9.23 Å². The molecule has 0 saturated carbocycles. The van der Waals surface area contributed by atoms with Gasteiger partial charge in [-0.25, -0.2) is 0 Å². The maximum atomic E-state index is 5.90. The van der Waals surface area contributed by atoms with Gasteiger partial charge in [-0.1, -0.05) is 12.2 Å². The number of hydrogen-bond donors (Lipinski definition) is 0. The summed E-state index contributed by atoms with van der Waals surface area (Å²) in [5, 5.41) is 0.152. The Morgan fingerprint density at radius 3 is 1.53 bits per heavy atom. The van der Waals surface area contributed by atoms with E-state index in [0.717, 1.165) is 12.8 Å². The summed E-state index contributed by atoms with van der Waals surface area (Å²) in [6.45, 7) is 11.3. The van der Waals surface area contributed by atoms with E-state index in [-0.39, 0.29) is 23.0 Å². The third kappa shape index (κ3) is 7.89. The number of rotatable bonds is 8. The first-order valence-corrected chi connectivity index (χ1v) is 6.05. The lowest BCUT2D eigenvalue weighted by Crippen LogP contribution is -2.23. The molecule has 0 radical (unpaired) electrons. The summed E-state index contributed by atoms with van der Waals surface area (Å²) in [5.74, 6) is 0. The van der Waals surface area contributed by atoms with Gasteiger partial charge in [-0.2, -0.15) is 0 Å². The highest BCUT2D eigenvalue weighted by atomic mass is 35.5. The predicted molar refractivity (Wildman–Crippen MR) is 68.9 cm³/mol. The monoisotopic (exact) mass is 250 g/mol. The van der Waals surface area contributed by atoms with E-state index in [4.69, 9.17) is 27.9 Å². The Kier molecular flexibility index (Phi) is 8.22. The van der Waals surface area contributed by atoms with E-state index in [1.165, 1.54) is 0 Å². The average molecular weight is 251 g/mol. The lowest BCUT2D eigenvalue weighted by atomic mass is 10.1. The van der Waals surface area contributed by atoms with Gasteiger partial charge in [-0.05, 0) is 26.7 Å². The van der Waals surface area contributed by atoms with Gasteiger partial charge in [0.15, 0.2) is 0 Å². The van der Waals surface area contributed by atoms with Crippen molar-refractivity contribution in [1.29, 1.82) is 0 Å². The maximum Gasteiger partial charge on any atom is 0.0775 e. The standard InChI is InChI=1S/C12H20Cl2O/c1-5-11(7-9(3)13)15-12(6-2)8-10(4)14/h5-6,9-12H,1-2,7-8H2,3-4H3. The smallest absolute Gasteiger partial charge is 0.0775 e. The van der Waals surface area contributed by atoms with E-state index in [0.29, 0.717) is 0 Å². The summed E-state index contributed by atoms with van der Waals surface area (Å²) in [7, 11) is 0. The van der Waals surface area contributed by atoms with Crippen molar-refractivity contribution in [3.05, 3.63) is 25.3 Å². The summed E-state index contributed by atoms with van der Waals surface area (Å²) in [6, 6.07) is 0. The molecule has 0 aromatic rings. The maximum absolute atomic E-state index is 5.90. The van der Waals surface area contributed by atoms with Crippen LogP contribution in [0.3, 0.4) is 0 Å². The van der Waals surface area contributed by atoms with Gasteiger partial charge in [0.25, 0.3) is 0 Å². The molecule has 4 atom stereocenters. The fraction of sp³-hybridized carbons (Fsp3) is 0.667. The number of hydrogen-bond acceptors (Lipinski definition) is 1. The van der Waals surface area contributed by atoms with E-state index < -0.39 is 0 Å². The average Bonchev–Trinajstić information content (AvgIpc) is 2.14. The molecule has 0 bridgehead atoms. The third-order valence-electron chi connectivity index (χ3n) is 1.99. The van der Waals surface area contributed by atoms with E-state index in [2.05, 4.69) is 13.2 Å². The molecular weight excluding hydrogens is 231 g/mol. The van der Waals surface area contributed by atoms with Crippen molar-refractivity contribution >= 4 is 23.2 Å². The summed E-state index contributed by atoms with van der Waals surface area (Å²) < 4.78 is 5.77. The number of alkyl halides is 2. The molecule has 0 aliphatic carbocycles. The minimum Gasteiger partial charge on any atom is -0.367 e. The molecule has 0 aliphatic rings. The Balaban J connectivity index is 4.11. The number of ether oxygens (including phenoxy) is 1. The first-order chi connectivity index (χ1) is 6.99. The van der Waals surface area contributed by atoms with Crippen LogP contribution < -0.4 is 0 Å². The van der Waals surface area contributed by atoms with Crippen LogP contribution in [-0.2, 0) is 4.74 Å². The van der Waals surface area contributed by atoms with Crippen LogP contribution in [0.4, 0.5) is 0 Å². The van der Waals surface area contributed by atoms with Crippen molar-refractivity contribution < 1.29 is 4.74 Å². The zero-order chi connectivity index (χ0) is 11.8. The number of halogens is 2. The molecule has 4 unspecified atom stereocenters. The summed E-state index contributed by atoms with van der Waals surface area (Å²) in [6.07, 6.45) is 4.99. The molecular formula is C12H20Cl2O. The first kappa shape index (κ1) is 15.0. The molecule has 0 N–H and O–H groups in total. The molecule has 0 saturated heterocycles. The molecule has 0 rings (SSSR count).